The van der Waals surface area contributed by atoms with Gasteiger partial charge in [0.25, 0.3) is 0 Å². The highest BCUT2D eigenvalue weighted by Gasteiger charge is 2.65. The van der Waals surface area contributed by atoms with Crippen molar-refractivity contribution in [2.75, 3.05) is 17.2 Å². The van der Waals surface area contributed by atoms with Crippen molar-refractivity contribution in [2.45, 2.75) is 27.7 Å². The summed E-state index contributed by atoms with van der Waals surface area (Å²) in [5, 5.41) is 15.2. The summed E-state index contributed by atoms with van der Waals surface area (Å²) in [4.78, 5) is 23.5. The molecule has 1 aromatic rings. The molecule has 5 nitrogen and oxygen atoms in total. The first-order chi connectivity index (χ1) is 9.78. The Kier molecular flexibility index (Phi) is 3.94. The van der Waals surface area contributed by atoms with E-state index in [0.717, 1.165) is 17.8 Å². The van der Waals surface area contributed by atoms with Gasteiger partial charge < -0.3 is 15.7 Å². The molecular formula is C16H22N2O3. The molecule has 1 amide bonds. The summed E-state index contributed by atoms with van der Waals surface area (Å²) in [5.41, 5.74) is 2.16. The highest BCUT2D eigenvalue weighted by Crippen LogP contribution is 2.58. The zero-order valence-corrected chi connectivity index (χ0v) is 12.9. The lowest BCUT2D eigenvalue weighted by Gasteiger charge is -2.13. The number of carboxylic acid groups (broad SMARTS) is 1. The first-order valence-corrected chi connectivity index (χ1v) is 7.17. The molecule has 21 heavy (non-hydrogen) atoms. The fourth-order valence-electron chi connectivity index (χ4n) is 2.90. The van der Waals surface area contributed by atoms with E-state index >= 15 is 0 Å². The predicted molar refractivity (Wildman–Crippen MR) is 82.4 cm³/mol. The van der Waals surface area contributed by atoms with Crippen molar-refractivity contribution in [1.82, 2.24) is 0 Å². The van der Waals surface area contributed by atoms with E-state index in [1.807, 2.05) is 45.9 Å². The monoisotopic (exact) mass is 290 g/mol. The van der Waals surface area contributed by atoms with Gasteiger partial charge in [0.15, 0.2) is 0 Å². The molecule has 0 bridgehead atoms. The SMILES string of the molecule is CCNc1cc(C)ccc1NC(=O)[C@@H]1[C@H](C(=O)O)C1(C)C. The second-order valence-corrected chi connectivity index (χ2v) is 6.18. The second-order valence-electron chi connectivity index (χ2n) is 6.18. The first kappa shape index (κ1) is 15.4. The molecule has 3 N–H and O–H groups in total. The molecule has 0 aliphatic heterocycles. The third-order valence-corrected chi connectivity index (χ3v) is 4.18. The largest absolute Gasteiger partial charge is 0.481 e. The Hall–Kier alpha value is -2.04. The van der Waals surface area contributed by atoms with E-state index in [0.29, 0.717) is 5.69 Å². The Morgan fingerprint density at radius 2 is 1.90 bits per heavy atom. The second kappa shape index (κ2) is 5.39. The minimum absolute atomic E-state index is 0.226. The van der Waals surface area contributed by atoms with Gasteiger partial charge >= 0.3 is 5.97 Å². The van der Waals surface area contributed by atoms with Gasteiger partial charge in [-0.05, 0) is 37.0 Å². The summed E-state index contributed by atoms with van der Waals surface area (Å²) >= 11 is 0. The molecule has 0 spiro atoms. The van der Waals surface area contributed by atoms with Crippen molar-refractivity contribution < 1.29 is 14.7 Å². The Bertz CT molecular complexity index is 581. The highest BCUT2D eigenvalue weighted by atomic mass is 16.4. The van der Waals surface area contributed by atoms with Crippen LogP contribution in [0.4, 0.5) is 11.4 Å². The number of hydrogen-bond donors (Lipinski definition) is 3. The minimum Gasteiger partial charge on any atom is -0.481 e. The maximum Gasteiger partial charge on any atom is 0.307 e. The summed E-state index contributed by atoms with van der Waals surface area (Å²) in [5.74, 6) is -2.22. The van der Waals surface area contributed by atoms with Crippen LogP contribution in [-0.2, 0) is 9.59 Å². The van der Waals surface area contributed by atoms with Crippen molar-refractivity contribution in [3.63, 3.8) is 0 Å². The molecule has 1 aliphatic carbocycles. The first-order valence-electron chi connectivity index (χ1n) is 7.17. The van der Waals surface area contributed by atoms with Crippen LogP contribution in [0.2, 0.25) is 0 Å². The number of nitrogens with one attached hydrogen (secondary N) is 2. The average molecular weight is 290 g/mol. The molecule has 1 saturated carbocycles. The number of carbonyl (C=O) groups is 2. The van der Waals surface area contributed by atoms with Crippen LogP contribution < -0.4 is 10.6 Å². The molecule has 2 atom stereocenters. The number of aryl methyl sites for hydroxylation is 1. The molecule has 5 heteroatoms. The van der Waals surface area contributed by atoms with Crippen molar-refractivity contribution in [1.29, 1.82) is 0 Å². The fraction of sp³-hybridized carbons (Fsp3) is 0.500. The molecule has 0 unspecified atom stereocenters. The van der Waals surface area contributed by atoms with E-state index in [-0.39, 0.29) is 5.91 Å². The standard InChI is InChI=1S/C16H22N2O3/c1-5-17-11-8-9(2)6-7-10(11)18-14(19)12-13(15(20)21)16(12,3)4/h6-8,12-13,17H,5H2,1-4H3,(H,18,19)(H,20,21)/t12-,13+/m0/s1. The Morgan fingerprint density at radius 3 is 2.43 bits per heavy atom. The normalized spacial score (nSPS) is 22.5. The van der Waals surface area contributed by atoms with Crippen LogP contribution in [0, 0.1) is 24.2 Å². The number of amides is 1. The van der Waals surface area contributed by atoms with Crippen molar-refractivity contribution in [3.05, 3.63) is 23.8 Å². The number of anilines is 2. The Labute approximate surface area is 124 Å². The number of hydrogen-bond acceptors (Lipinski definition) is 3. The zero-order chi connectivity index (χ0) is 15.8. The minimum atomic E-state index is -0.907. The van der Waals surface area contributed by atoms with Crippen LogP contribution in [0.15, 0.2) is 18.2 Å². The molecule has 0 aromatic heterocycles. The van der Waals surface area contributed by atoms with Gasteiger partial charge in [0.2, 0.25) is 5.91 Å². The number of carboxylic acids is 1. The lowest BCUT2D eigenvalue weighted by molar-refractivity contribution is -0.140. The van der Waals surface area contributed by atoms with E-state index in [4.69, 9.17) is 5.11 Å². The van der Waals surface area contributed by atoms with Crippen LogP contribution in [0.25, 0.3) is 0 Å². The van der Waals surface area contributed by atoms with E-state index in [9.17, 15) is 9.59 Å². The number of carbonyl (C=O) groups excluding carboxylic acids is 1. The van der Waals surface area contributed by atoms with Gasteiger partial charge in [-0.15, -0.1) is 0 Å². The summed E-state index contributed by atoms with van der Waals surface area (Å²) in [6.45, 7) is 8.35. The molecule has 1 aliphatic rings. The molecule has 114 valence electrons. The van der Waals surface area contributed by atoms with Gasteiger partial charge in [0, 0.05) is 6.54 Å². The summed E-state index contributed by atoms with van der Waals surface area (Å²) in [6.07, 6.45) is 0. The van der Waals surface area contributed by atoms with Gasteiger partial charge in [-0.2, -0.15) is 0 Å². The number of aliphatic carboxylic acids is 1. The summed E-state index contributed by atoms with van der Waals surface area (Å²) in [7, 11) is 0. The van der Waals surface area contributed by atoms with Gasteiger partial charge in [-0.25, -0.2) is 0 Å². The van der Waals surface area contributed by atoms with Crippen LogP contribution in [0.3, 0.4) is 0 Å². The van der Waals surface area contributed by atoms with Crippen LogP contribution >= 0.6 is 0 Å². The Morgan fingerprint density at radius 1 is 1.24 bits per heavy atom. The van der Waals surface area contributed by atoms with E-state index < -0.39 is 23.2 Å². The third kappa shape index (κ3) is 2.86. The van der Waals surface area contributed by atoms with Gasteiger partial charge in [-0.3, -0.25) is 9.59 Å². The molecule has 0 saturated heterocycles. The zero-order valence-electron chi connectivity index (χ0n) is 12.9. The van der Waals surface area contributed by atoms with Crippen LogP contribution in [0.1, 0.15) is 26.3 Å². The van der Waals surface area contributed by atoms with Crippen molar-refractivity contribution in [3.8, 4) is 0 Å². The lowest BCUT2D eigenvalue weighted by atomic mass is 10.1. The highest BCUT2D eigenvalue weighted by molar-refractivity contribution is 6.01. The van der Waals surface area contributed by atoms with E-state index in [1.165, 1.54) is 0 Å². The number of rotatable bonds is 5. The molecule has 2 rings (SSSR count). The summed E-state index contributed by atoms with van der Waals surface area (Å²) < 4.78 is 0. The molecule has 0 radical (unpaired) electrons. The lowest BCUT2D eigenvalue weighted by Crippen LogP contribution is -2.18. The quantitative estimate of drug-likeness (QED) is 0.779. The van der Waals surface area contributed by atoms with E-state index in [1.54, 1.807) is 0 Å². The van der Waals surface area contributed by atoms with Crippen molar-refractivity contribution in [2.24, 2.45) is 17.3 Å². The topological polar surface area (TPSA) is 78.4 Å². The van der Waals surface area contributed by atoms with Gasteiger partial charge in [-0.1, -0.05) is 19.9 Å². The maximum atomic E-state index is 12.3. The third-order valence-electron chi connectivity index (χ3n) is 4.18. The fourth-order valence-corrected chi connectivity index (χ4v) is 2.90. The van der Waals surface area contributed by atoms with E-state index in [2.05, 4.69) is 10.6 Å². The molecular weight excluding hydrogens is 268 g/mol. The van der Waals surface area contributed by atoms with Gasteiger partial charge in [0.1, 0.15) is 0 Å². The Balaban J connectivity index is 2.16. The van der Waals surface area contributed by atoms with Gasteiger partial charge in [0.05, 0.1) is 23.2 Å². The van der Waals surface area contributed by atoms with Crippen molar-refractivity contribution >= 4 is 23.3 Å². The number of benzene rings is 1. The molecule has 1 fully saturated rings. The average Bonchev–Trinajstić information content (AvgIpc) is 2.96. The molecule has 1 aromatic carbocycles. The smallest absolute Gasteiger partial charge is 0.307 e. The van der Waals surface area contributed by atoms with Crippen LogP contribution in [0.5, 0.6) is 0 Å². The molecule has 0 heterocycles. The summed E-state index contributed by atoms with van der Waals surface area (Å²) in [6, 6.07) is 5.73. The maximum absolute atomic E-state index is 12.3. The van der Waals surface area contributed by atoms with Crippen LogP contribution in [-0.4, -0.2) is 23.5 Å². The predicted octanol–water partition coefficient (Wildman–Crippen LogP) is 2.72.